The molecule has 0 unspecified atom stereocenters. The zero-order chi connectivity index (χ0) is 15.7. The van der Waals surface area contributed by atoms with Gasteiger partial charge in [-0.25, -0.2) is 4.98 Å². The van der Waals surface area contributed by atoms with Crippen molar-refractivity contribution in [2.75, 3.05) is 7.05 Å². The van der Waals surface area contributed by atoms with Crippen LogP contribution in [0, 0.1) is 0 Å². The van der Waals surface area contributed by atoms with Gasteiger partial charge in [-0.05, 0) is 48.0 Å². The minimum Gasteiger partial charge on any atom is -0.309 e. The molecular weight excluding hydrogens is 410 g/mol. The van der Waals surface area contributed by atoms with E-state index in [2.05, 4.69) is 53.8 Å². The van der Waals surface area contributed by atoms with Gasteiger partial charge in [-0.1, -0.05) is 35.2 Å². The molecule has 1 N–H and O–H groups in total. The summed E-state index contributed by atoms with van der Waals surface area (Å²) >= 11 is 6.91. The van der Waals surface area contributed by atoms with Crippen LogP contribution in [0.2, 0.25) is 0 Å². The van der Waals surface area contributed by atoms with Gasteiger partial charge < -0.3 is 4.98 Å². The van der Waals surface area contributed by atoms with E-state index in [1.807, 2.05) is 6.07 Å². The normalized spacial score (nSPS) is 16.5. The molecule has 1 aliphatic rings. The summed E-state index contributed by atoms with van der Waals surface area (Å²) in [4.78, 5) is 22.2. The van der Waals surface area contributed by atoms with Crippen molar-refractivity contribution < 1.29 is 0 Å². The molecule has 1 aromatic carbocycles. The number of rotatable bonds is 3. The number of nitrogens with one attached hydrogen (secondary N) is 1. The Hall–Kier alpha value is -0.720. The van der Waals surface area contributed by atoms with Gasteiger partial charge >= 0.3 is 0 Å². The topological polar surface area (TPSA) is 49.0 Å². The first-order valence-corrected chi connectivity index (χ1v) is 9.21. The molecule has 118 valence electrons. The lowest BCUT2D eigenvalue weighted by Gasteiger charge is -2.30. The van der Waals surface area contributed by atoms with Gasteiger partial charge in [-0.15, -0.1) is 0 Å². The Balaban J connectivity index is 1.89. The van der Waals surface area contributed by atoms with Gasteiger partial charge in [-0.2, -0.15) is 0 Å². The second-order valence-corrected chi connectivity index (χ2v) is 7.77. The summed E-state index contributed by atoms with van der Waals surface area (Å²) in [7, 11) is 2.12. The lowest BCUT2D eigenvalue weighted by atomic mass is 9.94. The summed E-state index contributed by atoms with van der Waals surface area (Å²) in [5, 5.41) is 0.602. The van der Waals surface area contributed by atoms with Crippen LogP contribution in [0.4, 0.5) is 0 Å². The van der Waals surface area contributed by atoms with Crippen molar-refractivity contribution in [3.05, 3.63) is 37.3 Å². The first kappa shape index (κ1) is 16.1. The molecule has 0 bridgehead atoms. The van der Waals surface area contributed by atoms with E-state index >= 15 is 0 Å². The number of halogens is 2. The first-order chi connectivity index (χ1) is 10.5. The quantitative estimate of drug-likeness (QED) is 0.796. The SMILES string of the molecule is CN(Cc1nc2c(Br)cc(Br)cc2c(=O)[nH]1)C1CCCCC1. The first-order valence-electron chi connectivity index (χ1n) is 7.63. The zero-order valence-electron chi connectivity index (χ0n) is 12.5. The highest BCUT2D eigenvalue weighted by Gasteiger charge is 2.19. The smallest absolute Gasteiger partial charge is 0.258 e. The second-order valence-electron chi connectivity index (χ2n) is 6.00. The third-order valence-corrected chi connectivity index (χ3v) is 5.44. The van der Waals surface area contributed by atoms with Crippen LogP contribution < -0.4 is 5.56 Å². The second kappa shape index (κ2) is 6.81. The molecular formula is C16H19Br2N3O. The molecule has 1 fully saturated rings. The van der Waals surface area contributed by atoms with Gasteiger partial charge in [0.2, 0.25) is 0 Å². The van der Waals surface area contributed by atoms with Crippen LogP contribution in [0.5, 0.6) is 0 Å². The molecule has 1 aromatic heterocycles. The third kappa shape index (κ3) is 3.44. The predicted octanol–water partition coefficient (Wildman–Crippen LogP) is 4.21. The fourth-order valence-corrected chi connectivity index (χ4v) is 4.49. The molecule has 0 radical (unpaired) electrons. The Bertz CT molecular complexity index is 738. The van der Waals surface area contributed by atoms with E-state index in [1.54, 1.807) is 6.07 Å². The monoisotopic (exact) mass is 427 g/mol. The zero-order valence-corrected chi connectivity index (χ0v) is 15.7. The van der Waals surface area contributed by atoms with E-state index in [0.717, 1.165) is 20.3 Å². The van der Waals surface area contributed by atoms with Crippen molar-refractivity contribution in [1.29, 1.82) is 0 Å². The van der Waals surface area contributed by atoms with Crippen molar-refractivity contribution in [2.24, 2.45) is 0 Å². The van der Waals surface area contributed by atoms with Crippen LogP contribution in [-0.2, 0) is 6.54 Å². The van der Waals surface area contributed by atoms with Crippen molar-refractivity contribution >= 4 is 42.8 Å². The summed E-state index contributed by atoms with van der Waals surface area (Å²) in [6.45, 7) is 0.679. The van der Waals surface area contributed by atoms with Crippen molar-refractivity contribution in [3.8, 4) is 0 Å². The summed E-state index contributed by atoms with van der Waals surface area (Å²) in [5.41, 5.74) is 0.637. The number of aromatic nitrogens is 2. The van der Waals surface area contributed by atoms with Crippen LogP contribution >= 0.6 is 31.9 Å². The van der Waals surface area contributed by atoms with Gasteiger partial charge in [0.25, 0.3) is 5.56 Å². The van der Waals surface area contributed by atoms with E-state index in [9.17, 15) is 4.79 Å². The Kier molecular flexibility index (Phi) is 5.00. The Morgan fingerprint density at radius 1 is 1.27 bits per heavy atom. The summed E-state index contributed by atoms with van der Waals surface area (Å²) in [6, 6.07) is 4.33. The molecule has 6 heteroatoms. The van der Waals surface area contributed by atoms with E-state index in [-0.39, 0.29) is 5.56 Å². The standard InChI is InChI=1S/C16H19Br2N3O/c1-21(11-5-3-2-4-6-11)9-14-19-15-12(16(22)20-14)7-10(17)8-13(15)18/h7-8,11H,2-6,9H2,1H3,(H,19,20,22). The molecule has 0 saturated heterocycles. The highest BCUT2D eigenvalue weighted by molar-refractivity contribution is 9.11. The van der Waals surface area contributed by atoms with Gasteiger partial charge in [0.15, 0.2) is 0 Å². The summed E-state index contributed by atoms with van der Waals surface area (Å²) in [5.74, 6) is 0.730. The molecule has 22 heavy (non-hydrogen) atoms. The van der Waals surface area contributed by atoms with Gasteiger partial charge in [-0.3, -0.25) is 9.69 Å². The summed E-state index contributed by atoms with van der Waals surface area (Å²) < 4.78 is 1.70. The van der Waals surface area contributed by atoms with Gasteiger partial charge in [0.1, 0.15) is 5.82 Å². The maximum Gasteiger partial charge on any atom is 0.258 e. The molecule has 1 heterocycles. The molecule has 4 nitrogen and oxygen atoms in total. The summed E-state index contributed by atoms with van der Waals surface area (Å²) in [6.07, 6.45) is 6.43. The van der Waals surface area contributed by atoms with Crippen LogP contribution in [0.15, 0.2) is 25.9 Å². The molecule has 1 saturated carbocycles. The number of hydrogen-bond acceptors (Lipinski definition) is 3. The van der Waals surface area contributed by atoms with Crippen molar-refractivity contribution in [2.45, 2.75) is 44.7 Å². The molecule has 0 amide bonds. The largest absolute Gasteiger partial charge is 0.309 e. The maximum absolute atomic E-state index is 12.3. The minimum absolute atomic E-state index is 0.0842. The molecule has 0 atom stereocenters. The van der Waals surface area contributed by atoms with Gasteiger partial charge in [0, 0.05) is 15.0 Å². The number of hydrogen-bond donors (Lipinski definition) is 1. The average Bonchev–Trinajstić information content (AvgIpc) is 2.49. The van der Waals surface area contributed by atoms with E-state index < -0.39 is 0 Å². The fraction of sp³-hybridized carbons (Fsp3) is 0.500. The van der Waals surface area contributed by atoms with Crippen molar-refractivity contribution in [1.82, 2.24) is 14.9 Å². The lowest BCUT2D eigenvalue weighted by Crippen LogP contribution is -2.34. The van der Waals surface area contributed by atoms with E-state index in [0.29, 0.717) is 18.0 Å². The molecule has 0 spiro atoms. The van der Waals surface area contributed by atoms with Crippen LogP contribution in [0.1, 0.15) is 37.9 Å². The Morgan fingerprint density at radius 3 is 2.73 bits per heavy atom. The average molecular weight is 429 g/mol. The van der Waals surface area contributed by atoms with Gasteiger partial charge in [0.05, 0.1) is 17.4 Å². The fourth-order valence-electron chi connectivity index (χ4n) is 3.18. The molecule has 0 aliphatic heterocycles. The predicted molar refractivity (Wildman–Crippen MR) is 96.1 cm³/mol. The molecule has 1 aliphatic carbocycles. The number of benzene rings is 1. The Morgan fingerprint density at radius 2 is 2.00 bits per heavy atom. The number of aromatic amines is 1. The lowest BCUT2D eigenvalue weighted by molar-refractivity contribution is 0.181. The van der Waals surface area contributed by atoms with Crippen LogP contribution in [0.25, 0.3) is 10.9 Å². The van der Waals surface area contributed by atoms with Crippen LogP contribution in [0.3, 0.4) is 0 Å². The highest BCUT2D eigenvalue weighted by Crippen LogP contribution is 2.26. The molecule has 2 aromatic rings. The molecule has 3 rings (SSSR count). The highest BCUT2D eigenvalue weighted by atomic mass is 79.9. The van der Waals surface area contributed by atoms with Crippen LogP contribution in [-0.4, -0.2) is 28.0 Å². The Labute approximate surface area is 146 Å². The maximum atomic E-state index is 12.3. The minimum atomic E-state index is -0.0842. The number of H-pyrrole nitrogens is 1. The van der Waals surface area contributed by atoms with E-state index in [4.69, 9.17) is 0 Å². The number of nitrogens with zero attached hydrogens (tertiary/aromatic N) is 2. The third-order valence-electron chi connectivity index (χ3n) is 4.37. The van der Waals surface area contributed by atoms with E-state index in [1.165, 1.54) is 32.1 Å². The van der Waals surface area contributed by atoms with Crippen molar-refractivity contribution in [3.63, 3.8) is 0 Å². The number of fused-ring (bicyclic) bond motifs is 1.